The second kappa shape index (κ2) is 10.3. The van der Waals surface area contributed by atoms with E-state index >= 15 is 0 Å². The molecule has 2 aliphatic rings. The first-order valence-corrected chi connectivity index (χ1v) is 12.4. The molecule has 1 N–H and O–H groups in total. The smallest absolute Gasteiger partial charge is 0.280 e. The maximum Gasteiger partial charge on any atom is 0.280 e. The number of amides is 1. The molecule has 1 atom stereocenters. The van der Waals surface area contributed by atoms with Crippen LogP contribution in [0.3, 0.4) is 0 Å². The van der Waals surface area contributed by atoms with Crippen LogP contribution in [0.4, 0.5) is 20.3 Å². The van der Waals surface area contributed by atoms with Gasteiger partial charge in [0.05, 0.1) is 11.6 Å². The number of nitrogens with zero attached hydrogens (tertiary/aromatic N) is 5. The first-order valence-electron chi connectivity index (χ1n) is 12.4. The minimum Gasteiger partial charge on any atom is -0.472 e. The Balaban J connectivity index is 1.16. The van der Waals surface area contributed by atoms with E-state index in [9.17, 15) is 13.6 Å². The van der Waals surface area contributed by atoms with E-state index in [4.69, 9.17) is 4.74 Å². The van der Waals surface area contributed by atoms with Gasteiger partial charge in [0.2, 0.25) is 11.8 Å². The van der Waals surface area contributed by atoms with Gasteiger partial charge in [0.25, 0.3) is 6.43 Å². The average Bonchev–Trinajstić information content (AvgIpc) is 3.52. The summed E-state index contributed by atoms with van der Waals surface area (Å²) in [5, 5.41) is 11.9. The van der Waals surface area contributed by atoms with Gasteiger partial charge in [0.1, 0.15) is 18.1 Å². The predicted octanol–water partition coefficient (Wildman–Crippen LogP) is 4.55. The van der Waals surface area contributed by atoms with Crippen LogP contribution in [0.25, 0.3) is 0 Å². The number of carbonyl (C=O) groups excluding carboxylic acids is 1. The van der Waals surface area contributed by atoms with E-state index in [0.717, 1.165) is 32.4 Å². The lowest BCUT2D eigenvalue weighted by atomic mass is 10.0. The van der Waals surface area contributed by atoms with Crippen LogP contribution >= 0.6 is 0 Å². The molecule has 2 fully saturated rings. The van der Waals surface area contributed by atoms with Crippen molar-refractivity contribution < 1.29 is 18.3 Å². The van der Waals surface area contributed by atoms with Gasteiger partial charge in [-0.05, 0) is 49.1 Å². The van der Waals surface area contributed by atoms with E-state index in [2.05, 4.69) is 49.7 Å². The number of ether oxygens (including phenoxy) is 1. The van der Waals surface area contributed by atoms with Crippen molar-refractivity contribution in [3.8, 4) is 5.88 Å². The number of nitrogens with one attached hydrogen (secondary N) is 1. The second-order valence-electron chi connectivity index (χ2n) is 9.71. The number of pyridine rings is 1. The summed E-state index contributed by atoms with van der Waals surface area (Å²) in [6, 6.07) is 15.3. The maximum atomic E-state index is 12.6. The molecule has 10 heteroatoms. The molecular weight excluding hydrogens is 478 g/mol. The summed E-state index contributed by atoms with van der Waals surface area (Å²) in [5.74, 6) is 1.11. The topological polar surface area (TPSA) is 83.5 Å². The molecule has 1 aromatic carbocycles. The minimum atomic E-state index is -2.59. The lowest BCUT2D eigenvalue weighted by Crippen LogP contribution is -2.37. The van der Waals surface area contributed by atoms with Gasteiger partial charge in [0, 0.05) is 50.6 Å². The first-order chi connectivity index (χ1) is 17.8. The van der Waals surface area contributed by atoms with Gasteiger partial charge >= 0.3 is 0 Å². The quantitative estimate of drug-likeness (QED) is 0.454. The van der Waals surface area contributed by atoms with Gasteiger partial charge < -0.3 is 19.9 Å². The zero-order valence-electron chi connectivity index (χ0n) is 20.9. The summed E-state index contributed by atoms with van der Waals surface area (Å²) in [5.41, 5.74) is 2.62. The zero-order chi connectivity index (χ0) is 26.0. The molecule has 5 rings (SSSR count). The van der Waals surface area contributed by atoms with E-state index in [-0.39, 0.29) is 29.8 Å². The van der Waals surface area contributed by atoms with Crippen LogP contribution in [0.5, 0.6) is 5.88 Å². The van der Waals surface area contributed by atoms with Crippen molar-refractivity contribution in [2.24, 2.45) is 0 Å². The van der Waals surface area contributed by atoms with Crippen molar-refractivity contribution in [3.63, 3.8) is 0 Å². The van der Waals surface area contributed by atoms with Crippen molar-refractivity contribution in [3.05, 3.63) is 71.5 Å². The maximum absolute atomic E-state index is 12.6. The third-order valence-corrected chi connectivity index (χ3v) is 7.21. The number of aromatic nitrogens is 3. The molecule has 1 amide bonds. The van der Waals surface area contributed by atoms with Gasteiger partial charge in [-0.2, -0.15) is 0 Å². The summed E-state index contributed by atoms with van der Waals surface area (Å²) in [6.45, 7) is 3.56. The zero-order valence-corrected chi connectivity index (χ0v) is 20.9. The minimum absolute atomic E-state index is 0.103. The third-order valence-electron chi connectivity index (χ3n) is 7.21. The van der Waals surface area contributed by atoms with Crippen molar-refractivity contribution in [1.82, 2.24) is 20.1 Å². The number of alkyl halides is 2. The first kappa shape index (κ1) is 24.9. The molecule has 194 valence electrons. The summed E-state index contributed by atoms with van der Waals surface area (Å²) in [7, 11) is 1.87. The van der Waals surface area contributed by atoms with E-state index in [1.807, 2.05) is 18.0 Å². The standard InChI is InChI=1S/C27H30F2N6O2/c1-18(36)34(2)22-11-14-35(16-22)21-6-4-20(5-7-21)27(12-13-27)31-24-9-10-25(33-32-24)37-17-19-3-8-23(26(28)29)30-15-19/h3-10,15,22,26H,11-14,16-17H2,1-2H3,(H,31,32). The Morgan fingerprint density at radius 3 is 2.54 bits per heavy atom. The van der Waals surface area contributed by atoms with Crippen LogP contribution in [0, 0.1) is 0 Å². The molecule has 1 saturated heterocycles. The van der Waals surface area contributed by atoms with E-state index in [0.29, 0.717) is 17.3 Å². The van der Waals surface area contributed by atoms with Crippen molar-refractivity contribution in [1.29, 1.82) is 0 Å². The average molecular weight is 509 g/mol. The van der Waals surface area contributed by atoms with E-state index < -0.39 is 6.43 Å². The Hall–Kier alpha value is -3.82. The van der Waals surface area contributed by atoms with Crippen molar-refractivity contribution in [2.75, 3.05) is 30.4 Å². The number of rotatable bonds is 9. The number of benzene rings is 1. The predicted molar refractivity (Wildman–Crippen MR) is 136 cm³/mol. The highest BCUT2D eigenvalue weighted by Crippen LogP contribution is 2.48. The molecule has 1 unspecified atom stereocenters. The Bertz CT molecular complexity index is 1220. The molecular formula is C27H30F2N6O2. The van der Waals surface area contributed by atoms with Crippen LogP contribution in [-0.2, 0) is 16.9 Å². The molecule has 0 radical (unpaired) electrons. The lowest BCUT2D eigenvalue weighted by molar-refractivity contribution is -0.129. The Kier molecular flexibility index (Phi) is 6.90. The highest BCUT2D eigenvalue weighted by atomic mass is 19.3. The fourth-order valence-electron chi connectivity index (χ4n) is 4.67. The van der Waals surface area contributed by atoms with Crippen LogP contribution < -0.4 is 15.0 Å². The highest BCUT2D eigenvalue weighted by Gasteiger charge is 2.44. The fraction of sp³-hybridized carbons (Fsp3) is 0.407. The van der Waals surface area contributed by atoms with Gasteiger partial charge in [-0.25, -0.2) is 8.78 Å². The lowest BCUT2D eigenvalue weighted by Gasteiger charge is -2.25. The van der Waals surface area contributed by atoms with Crippen molar-refractivity contribution in [2.45, 2.75) is 50.8 Å². The van der Waals surface area contributed by atoms with Crippen LogP contribution in [0.2, 0.25) is 0 Å². The molecule has 1 saturated carbocycles. The van der Waals surface area contributed by atoms with Gasteiger partial charge in [0.15, 0.2) is 0 Å². The fourth-order valence-corrected chi connectivity index (χ4v) is 4.67. The summed E-state index contributed by atoms with van der Waals surface area (Å²) in [4.78, 5) is 19.6. The molecule has 1 aliphatic carbocycles. The summed E-state index contributed by atoms with van der Waals surface area (Å²) < 4.78 is 30.9. The van der Waals surface area contributed by atoms with Gasteiger partial charge in [-0.15, -0.1) is 10.2 Å². The van der Waals surface area contributed by atoms with Crippen molar-refractivity contribution >= 4 is 17.4 Å². The molecule has 2 aromatic heterocycles. The number of hydrogen-bond acceptors (Lipinski definition) is 7. The Morgan fingerprint density at radius 1 is 1.16 bits per heavy atom. The number of halogens is 2. The number of likely N-dealkylation sites (N-methyl/N-ethyl adjacent to an activating group) is 1. The molecule has 8 nitrogen and oxygen atoms in total. The second-order valence-corrected chi connectivity index (χ2v) is 9.71. The van der Waals surface area contributed by atoms with Gasteiger partial charge in [-0.1, -0.05) is 18.2 Å². The SMILES string of the molecule is CC(=O)N(C)C1CCN(c2ccc(C3(Nc4ccc(OCc5ccc(C(F)F)nc5)nn4)CC3)cc2)C1. The molecule has 1 aliphatic heterocycles. The molecule has 0 bridgehead atoms. The monoisotopic (exact) mass is 508 g/mol. The Labute approximate surface area is 214 Å². The van der Waals surface area contributed by atoms with Crippen LogP contribution in [0.1, 0.15) is 49.4 Å². The summed E-state index contributed by atoms with van der Waals surface area (Å²) >= 11 is 0. The molecule has 3 heterocycles. The third kappa shape index (κ3) is 5.63. The van der Waals surface area contributed by atoms with E-state index in [1.165, 1.54) is 23.5 Å². The Morgan fingerprint density at radius 2 is 1.95 bits per heavy atom. The largest absolute Gasteiger partial charge is 0.472 e. The number of carbonyl (C=O) groups is 1. The molecule has 3 aromatic rings. The molecule has 37 heavy (non-hydrogen) atoms. The normalized spacial score (nSPS) is 18.1. The molecule has 0 spiro atoms. The van der Waals surface area contributed by atoms with E-state index in [1.54, 1.807) is 19.1 Å². The number of hydrogen-bond donors (Lipinski definition) is 1. The summed E-state index contributed by atoms with van der Waals surface area (Å²) in [6.07, 6.45) is 1.77. The van der Waals surface area contributed by atoms with Gasteiger partial charge in [-0.3, -0.25) is 9.78 Å². The highest BCUT2D eigenvalue weighted by molar-refractivity contribution is 5.73. The number of anilines is 2. The van der Waals surface area contributed by atoms with Crippen LogP contribution in [-0.4, -0.2) is 52.2 Å². The van der Waals surface area contributed by atoms with Crippen LogP contribution in [0.15, 0.2) is 54.7 Å².